The first-order valence-electron chi connectivity index (χ1n) is 6.48. The second kappa shape index (κ2) is 7.98. The Morgan fingerprint density at radius 1 is 1.33 bits per heavy atom. The van der Waals surface area contributed by atoms with Crippen molar-refractivity contribution >= 4 is 45.5 Å². The molecule has 0 aliphatic carbocycles. The van der Waals surface area contributed by atoms with E-state index in [1.54, 1.807) is 20.8 Å². The van der Waals surface area contributed by atoms with Crippen molar-refractivity contribution in [1.82, 2.24) is 0 Å². The number of hydrogen-bond acceptors (Lipinski definition) is 3. The number of halogens is 1. The summed E-state index contributed by atoms with van der Waals surface area (Å²) in [6, 6.07) is 7.71. The lowest BCUT2D eigenvalue weighted by Gasteiger charge is -2.18. The average Bonchev–Trinajstić information content (AvgIpc) is 2.26. The molecule has 1 aromatic rings. The van der Waals surface area contributed by atoms with E-state index in [0.717, 1.165) is 11.3 Å². The fourth-order valence-electron chi connectivity index (χ4n) is 1.50. The number of benzene rings is 1. The third kappa shape index (κ3) is 6.64. The summed E-state index contributed by atoms with van der Waals surface area (Å²) in [6.07, 6.45) is 0. The highest BCUT2D eigenvalue weighted by Gasteiger charge is 2.28. The van der Waals surface area contributed by atoms with E-state index in [1.165, 1.54) is 0 Å². The zero-order valence-corrected chi connectivity index (χ0v) is 16.0. The molecule has 3 N–H and O–H groups in total. The average molecular weight is 425 g/mol. The number of nitrogens with two attached hydrogens (primary N) is 1. The molecular formula is C14H24IN3O2S. The fraction of sp³-hybridized carbons (Fsp3) is 0.500. The highest BCUT2D eigenvalue weighted by Crippen LogP contribution is 2.15. The van der Waals surface area contributed by atoms with Gasteiger partial charge in [-0.15, -0.1) is 24.0 Å². The minimum absolute atomic E-state index is 0. The van der Waals surface area contributed by atoms with Gasteiger partial charge in [0.1, 0.15) is 0 Å². The van der Waals surface area contributed by atoms with Gasteiger partial charge in [0.2, 0.25) is 0 Å². The van der Waals surface area contributed by atoms with E-state index in [0.29, 0.717) is 0 Å². The fourth-order valence-corrected chi connectivity index (χ4v) is 2.45. The Morgan fingerprint density at radius 3 is 2.48 bits per heavy atom. The largest absolute Gasteiger partial charge is 0.370 e. The van der Waals surface area contributed by atoms with Crippen LogP contribution in [0.15, 0.2) is 29.3 Å². The number of nitrogens with zero attached hydrogens (tertiary/aromatic N) is 1. The summed E-state index contributed by atoms with van der Waals surface area (Å²) in [6.45, 7) is 7.18. The lowest BCUT2D eigenvalue weighted by molar-refractivity contribution is 0.560. The molecule has 0 spiro atoms. The Labute approximate surface area is 144 Å². The molecule has 0 saturated heterocycles. The molecule has 21 heavy (non-hydrogen) atoms. The predicted molar refractivity (Wildman–Crippen MR) is 100 cm³/mol. The van der Waals surface area contributed by atoms with Crippen LogP contribution in [0.25, 0.3) is 0 Å². The molecule has 0 aromatic heterocycles. The van der Waals surface area contributed by atoms with Crippen LogP contribution in [0.4, 0.5) is 5.69 Å². The third-order valence-corrected chi connectivity index (χ3v) is 5.45. The molecule has 0 radical (unpaired) electrons. The quantitative estimate of drug-likeness (QED) is 0.441. The molecule has 0 bridgehead atoms. The van der Waals surface area contributed by atoms with Gasteiger partial charge in [0.15, 0.2) is 15.8 Å². The smallest absolute Gasteiger partial charge is 0.193 e. The number of aryl methyl sites for hydroxylation is 1. The van der Waals surface area contributed by atoms with Gasteiger partial charge in [-0.3, -0.25) is 4.99 Å². The molecule has 120 valence electrons. The zero-order valence-electron chi connectivity index (χ0n) is 12.9. The standard InChI is InChI=1S/C14H23N3O2S.HI/c1-11-6-5-7-12(10-11)17-13(15)16-8-9-20(18,19)14(2,3)4;/h5-7,10H,8-9H2,1-4H3,(H3,15,16,17);1H. The number of hydrogen-bond donors (Lipinski definition) is 2. The van der Waals surface area contributed by atoms with E-state index in [9.17, 15) is 8.42 Å². The second-order valence-corrected chi connectivity index (χ2v) is 8.56. The van der Waals surface area contributed by atoms with Crippen molar-refractivity contribution in [2.75, 3.05) is 17.6 Å². The van der Waals surface area contributed by atoms with E-state index in [4.69, 9.17) is 5.73 Å². The SMILES string of the molecule is Cc1cccc(NC(N)=NCCS(=O)(=O)C(C)(C)C)c1.I. The van der Waals surface area contributed by atoms with Crippen molar-refractivity contribution in [2.45, 2.75) is 32.4 Å². The minimum Gasteiger partial charge on any atom is -0.370 e. The Kier molecular flexibility index (Phi) is 7.66. The monoisotopic (exact) mass is 425 g/mol. The molecule has 0 fully saturated rings. The number of rotatable bonds is 4. The first-order chi connectivity index (χ1) is 9.12. The van der Waals surface area contributed by atoms with E-state index < -0.39 is 14.6 Å². The third-order valence-electron chi connectivity index (χ3n) is 2.87. The normalized spacial score (nSPS) is 12.7. The molecule has 5 nitrogen and oxygen atoms in total. The molecule has 7 heteroatoms. The summed E-state index contributed by atoms with van der Waals surface area (Å²) in [7, 11) is -3.16. The van der Waals surface area contributed by atoms with Crippen molar-refractivity contribution in [3.8, 4) is 0 Å². The number of aliphatic imine (C=N–C) groups is 1. The molecule has 0 atom stereocenters. The maximum atomic E-state index is 11.9. The summed E-state index contributed by atoms with van der Waals surface area (Å²) in [5.74, 6) is 0.215. The Hall–Kier alpha value is -0.830. The highest BCUT2D eigenvalue weighted by molar-refractivity contribution is 14.0. The van der Waals surface area contributed by atoms with E-state index in [1.807, 2.05) is 31.2 Å². The Balaban J connectivity index is 0.00000400. The first-order valence-corrected chi connectivity index (χ1v) is 8.13. The van der Waals surface area contributed by atoms with Gasteiger partial charge in [-0.05, 0) is 45.4 Å². The van der Waals surface area contributed by atoms with Gasteiger partial charge in [0, 0.05) is 5.69 Å². The van der Waals surface area contributed by atoms with Crippen LogP contribution >= 0.6 is 24.0 Å². The van der Waals surface area contributed by atoms with Crippen molar-refractivity contribution in [2.24, 2.45) is 10.7 Å². The molecule has 0 heterocycles. The van der Waals surface area contributed by atoms with Gasteiger partial charge in [-0.25, -0.2) is 8.42 Å². The van der Waals surface area contributed by atoms with Gasteiger partial charge in [0.25, 0.3) is 0 Å². The van der Waals surface area contributed by atoms with Crippen molar-refractivity contribution in [3.63, 3.8) is 0 Å². The summed E-state index contributed by atoms with van der Waals surface area (Å²) < 4.78 is 23.0. The maximum absolute atomic E-state index is 11.9. The van der Waals surface area contributed by atoms with Crippen LogP contribution in [0.2, 0.25) is 0 Å². The first kappa shape index (κ1) is 20.2. The number of sulfone groups is 1. The van der Waals surface area contributed by atoms with Crippen LogP contribution in [-0.4, -0.2) is 31.4 Å². The molecular weight excluding hydrogens is 401 g/mol. The van der Waals surface area contributed by atoms with Gasteiger partial charge in [-0.2, -0.15) is 0 Å². The Bertz CT molecular complexity index is 592. The van der Waals surface area contributed by atoms with Crippen molar-refractivity contribution in [3.05, 3.63) is 29.8 Å². The molecule has 1 aromatic carbocycles. The van der Waals surface area contributed by atoms with Gasteiger partial charge in [-0.1, -0.05) is 12.1 Å². The van der Waals surface area contributed by atoms with Crippen molar-refractivity contribution < 1.29 is 8.42 Å². The van der Waals surface area contributed by atoms with Crippen molar-refractivity contribution in [1.29, 1.82) is 0 Å². The molecule has 1 rings (SSSR count). The molecule has 0 amide bonds. The second-order valence-electron chi connectivity index (χ2n) is 5.69. The number of anilines is 1. The highest BCUT2D eigenvalue weighted by atomic mass is 127. The lowest BCUT2D eigenvalue weighted by Crippen LogP contribution is -2.32. The van der Waals surface area contributed by atoms with Crippen LogP contribution in [0.5, 0.6) is 0 Å². The van der Waals surface area contributed by atoms with Crippen LogP contribution in [-0.2, 0) is 9.84 Å². The molecule has 0 aliphatic heterocycles. The van der Waals surface area contributed by atoms with E-state index in [2.05, 4.69) is 10.3 Å². The summed E-state index contributed by atoms with van der Waals surface area (Å²) in [5.41, 5.74) is 7.69. The number of guanidine groups is 1. The van der Waals surface area contributed by atoms with Gasteiger partial charge in [0.05, 0.1) is 17.0 Å². The van der Waals surface area contributed by atoms with E-state index in [-0.39, 0.29) is 42.2 Å². The molecule has 0 aliphatic rings. The topological polar surface area (TPSA) is 84.5 Å². The van der Waals surface area contributed by atoms with Crippen LogP contribution < -0.4 is 11.1 Å². The van der Waals surface area contributed by atoms with Crippen LogP contribution in [0.3, 0.4) is 0 Å². The summed E-state index contributed by atoms with van der Waals surface area (Å²) >= 11 is 0. The van der Waals surface area contributed by atoms with Gasteiger partial charge < -0.3 is 11.1 Å². The van der Waals surface area contributed by atoms with E-state index >= 15 is 0 Å². The summed E-state index contributed by atoms with van der Waals surface area (Å²) in [5, 5.41) is 2.94. The lowest BCUT2D eigenvalue weighted by atomic mass is 10.2. The molecule has 0 saturated carbocycles. The minimum atomic E-state index is -3.16. The van der Waals surface area contributed by atoms with Crippen LogP contribution in [0, 0.1) is 6.92 Å². The summed E-state index contributed by atoms with van der Waals surface area (Å²) in [4.78, 5) is 4.05. The number of nitrogens with one attached hydrogen (secondary N) is 1. The maximum Gasteiger partial charge on any atom is 0.193 e. The Morgan fingerprint density at radius 2 is 1.95 bits per heavy atom. The molecule has 0 unspecified atom stereocenters. The van der Waals surface area contributed by atoms with Crippen LogP contribution in [0.1, 0.15) is 26.3 Å². The van der Waals surface area contributed by atoms with Gasteiger partial charge >= 0.3 is 0 Å². The zero-order chi connectivity index (χ0) is 15.4. The predicted octanol–water partition coefficient (Wildman–Crippen LogP) is 2.55.